The Morgan fingerprint density at radius 3 is 2.71 bits per heavy atom. The van der Waals surface area contributed by atoms with E-state index < -0.39 is 6.10 Å². The second-order valence-corrected chi connectivity index (χ2v) is 3.00. The number of para-hydroxylation sites is 1. The maximum Gasteiger partial charge on any atom is 0.125 e. The molecule has 1 N–H and O–H groups in total. The molecule has 1 rings (SSSR count). The maximum absolute atomic E-state index is 9.88. The van der Waals surface area contributed by atoms with Gasteiger partial charge < -0.3 is 9.84 Å². The number of ether oxygens (including phenoxy) is 1. The summed E-state index contributed by atoms with van der Waals surface area (Å²) in [5.41, 5.74) is 4.10. The van der Waals surface area contributed by atoms with Crippen molar-refractivity contribution < 1.29 is 9.84 Å². The normalized spacial score (nSPS) is 11.6. The minimum Gasteiger partial charge on any atom is -0.496 e. The van der Waals surface area contributed by atoms with Gasteiger partial charge in [0.25, 0.3) is 0 Å². The second kappa shape index (κ2) is 4.66. The minimum absolute atomic E-state index is 0.676. The predicted octanol–water partition coefficient (Wildman–Crippen LogP) is 2.46. The van der Waals surface area contributed by atoms with E-state index in [2.05, 4.69) is 12.3 Å². The zero-order chi connectivity index (χ0) is 10.6. The van der Waals surface area contributed by atoms with Crippen LogP contribution in [-0.4, -0.2) is 12.2 Å². The quantitative estimate of drug-likeness (QED) is 0.742. The Labute approximate surface area is 84.1 Å². The molecule has 14 heavy (non-hydrogen) atoms. The molecule has 0 saturated heterocycles. The maximum atomic E-state index is 9.88. The molecule has 0 saturated carbocycles. The summed E-state index contributed by atoms with van der Waals surface area (Å²) in [6, 6.07) is 7.36. The van der Waals surface area contributed by atoms with E-state index in [1.807, 2.05) is 24.3 Å². The summed E-state index contributed by atoms with van der Waals surface area (Å²) in [4.78, 5) is 0. The first-order valence-corrected chi connectivity index (χ1v) is 4.38. The Balaban J connectivity index is 3.11. The van der Waals surface area contributed by atoms with Crippen LogP contribution in [0.25, 0.3) is 0 Å². The third-order valence-corrected chi connectivity index (χ3v) is 2.12. The average Bonchev–Trinajstić information content (AvgIpc) is 2.26. The molecule has 0 radical (unpaired) electrons. The number of rotatable bonds is 3. The van der Waals surface area contributed by atoms with Crippen LogP contribution in [0.15, 0.2) is 42.1 Å². The van der Waals surface area contributed by atoms with Gasteiger partial charge in [-0.25, -0.2) is 0 Å². The number of aliphatic hydroxyl groups is 1. The van der Waals surface area contributed by atoms with Crippen molar-refractivity contribution in [3.05, 3.63) is 47.7 Å². The molecule has 0 amide bonds. The highest BCUT2D eigenvalue weighted by atomic mass is 16.5. The van der Waals surface area contributed by atoms with Crippen molar-refractivity contribution in [2.24, 2.45) is 0 Å². The van der Waals surface area contributed by atoms with Gasteiger partial charge in [-0.2, -0.15) is 0 Å². The standard InChI is InChI=1S/C12H14O2/c1-4-9(2)12(13)10-7-5-6-8-11(10)14-3/h5-8,12-13H,1H2,2-3H3. The molecular formula is C12H14O2. The van der Waals surface area contributed by atoms with E-state index in [-0.39, 0.29) is 0 Å². The van der Waals surface area contributed by atoms with Gasteiger partial charge in [0.1, 0.15) is 11.9 Å². The van der Waals surface area contributed by atoms with Crippen LogP contribution in [0.3, 0.4) is 0 Å². The van der Waals surface area contributed by atoms with E-state index in [9.17, 15) is 5.11 Å². The molecule has 1 aromatic carbocycles. The Morgan fingerprint density at radius 1 is 1.50 bits per heavy atom. The van der Waals surface area contributed by atoms with Crippen LogP contribution in [0, 0.1) is 0 Å². The molecule has 0 spiro atoms. The second-order valence-electron chi connectivity index (χ2n) is 3.00. The van der Waals surface area contributed by atoms with Crippen LogP contribution in [0.1, 0.15) is 18.6 Å². The predicted molar refractivity (Wildman–Crippen MR) is 56.3 cm³/mol. The van der Waals surface area contributed by atoms with Crippen molar-refractivity contribution in [3.8, 4) is 5.75 Å². The molecule has 0 bridgehead atoms. The molecule has 2 heteroatoms. The zero-order valence-electron chi connectivity index (χ0n) is 8.45. The van der Waals surface area contributed by atoms with Crippen LogP contribution in [-0.2, 0) is 0 Å². The van der Waals surface area contributed by atoms with Crippen molar-refractivity contribution in [1.29, 1.82) is 0 Å². The van der Waals surface area contributed by atoms with Crippen molar-refractivity contribution in [2.75, 3.05) is 7.11 Å². The Bertz CT molecular complexity index is 362. The molecule has 0 aromatic heterocycles. The summed E-state index contributed by atoms with van der Waals surface area (Å²) >= 11 is 0. The highest BCUT2D eigenvalue weighted by molar-refractivity contribution is 5.38. The summed E-state index contributed by atoms with van der Waals surface area (Å²) < 4.78 is 5.14. The van der Waals surface area contributed by atoms with E-state index in [1.54, 1.807) is 14.0 Å². The molecule has 2 nitrogen and oxygen atoms in total. The van der Waals surface area contributed by atoms with Crippen molar-refractivity contribution in [1.82, 2.24) is 0 Å². The topological polar surface area (TPSA) is 29.5 Å². The van der Waals surface area contributed by atoms with E-state index >= 15 is 0 Å². The van der Waals surface area contributed by atoms with Crippen LogP contribution in [0.4, 0.5) is 0 Å². The monoisotopic (exact) mass is 190 g/mol. The fourth-order valence-electron chi connectivity index (χ4n) is 1.22. The van der Waals surface area contributed by atoms with E-state index in [1.165, 1.54) is 0 Å². The largest absolute Gasteiger partial charge is 0.496 e. The third-order valence-electron chi connectivity index (χ3n) is 2.12. The first-order chi connectivity index (χ1) is 6.70. The van der Waals surface area contributed by atoms with Crippen molar-refractivity contribution >= 4 is 0 Å². The highest BCUT2D eigenvalue weighted by Gasteiger charge is 2.13. The Morgan fingerprint density at radius 2 is 2.14 bits per heavy atom. The van der Waals surface area contributed by atoms with Gasteiger partial charge in [-0.05, 0) is 13.0 Å². The summed E-state index contributed by atoms with van der Waals surface area (Å²) in [5, 5.41) is 9.88. The van der Waals surface area contributed by atoms with E-state index in [0.717, 1.165) is 5.56 Å². The van der Waals surface area contributed by atoms with Crippen molar-refractivity contribution in [3.63, 3.8) is 0 Å². The zero-order valence-corrected chi connectivity index (χ0v) is 8.45. The lowest BCUT2D eigenvalue weighted by atomic mass is 10.0. The van der Waals surface area contributed by atoms with Gasteiger partial charge in [-0.1, -0.05) is 24.8 Å². The first kappa shape index (κ1) is 10.6. The van der Waals surface area contributed by atoms with Gasteiger partial charge >= 0.3 is 0 Å². The summed E-state index contributed by atoms with van der Waals surface area (Å²) in [6.45, 7) is 5.28. The van der Waals surface area contributed by atoms with Crippen LogP contribution < -0.4 is 4.74 Å². The van der Waals surface area contributed by atoms with Crippen molar-refractivity contribution in [2.45, 2.75) is 13.0 Å². The van der Waals surface area contributed by atoms with Gasteiger partial charge in [0.15, 0.2) is 0 Å². The highest BCUT2D eigenvalue weighted by Crippen LogP contribution is 2.28. The van der Waals surface area contributed by atoms with E-state index in [0.29, 0.717) is 11.3 Å². The molecule has 0 heterocycles. The van der Waals surface area contributed by atoms with Gasteiger partial charge in [0, 0.05) is 11.1 Å². The number of hydrogen-bond acceptors (Lipinski definition) is 2. The number of hydrogen-bond donors (Lipinski definition) is 1. The third kappa shape index (κ3) is 2.05. The van der Waals surface area contributed by atoms with Gasteiger partial charge in [0.05, 0.1) is 7.11 Å². The average molecular weight is 190 g/mol. The molecule has 0 aliphatic rings. The Hall–Kier alpha value is -1.50. The molecule has 1 unspecified atom stereocenters. The lowest BCUT2D eigenvalue weighted by molar-refractivity contribution is 0.210. The number of methoxy groups -OCH3 is 1. The summed E-state index contributed by atoms with van der Waals surface area (Å²) in [6.07, 6.45) is -0.691. The summed E-state index contributed by atoms with van der Waals surface area (Å²) in [7, 11) is 1.58. The lowest BCUT2D eigenvalue weighted by Crippen LogP contribution is -2.00. The van der Waals surface area contributed by atoms with E-state index in [4.69, 9.17) is 4.74 Å². The smallest absolute Gasteiger partial charge is 0.125 e. The molecule has 0 aliphatic carbocycles. The molecule has 74 valence electrons. The number of benzene rings is 1. The molecule has 1 atom stereocenters. The molecular weight excluding hydrogens is 176 g/mol. The SMILES string of the molecule is C=C=C(C)C(O)c1ccccc1OC. The molecule has 0 aliphatic heterocycles. The first-order valence-electron chi connectivity index (χ1n) is 4.38. The summed E-state index contributed by atoms with van der Waals surface area (Å²) in [5.74, 6) is 0.676. The van der Waals surface area contributed by atoms with Gasteiger partial charge in [-0.3, -0.25) is 0 Å². The molecule has 1 aromatic rings. The lowest BCUT2D eigenvalue weighted by Gasteiger charge is -2.13. The Kier molecular flexibility index (Phi) is 3.52. The fraction of sp³-hybridized carbons (Fsp3) is 0.250. The van der Waals surface area contributed by atoms with Gasteiger partial charge in [-0.15, -0.1) is 5.73 Å². The van der Waals surface area contributed by atoms with Crippen LogP contribution >= 0.6 is 0 Å². The fourth-order valence-corrected chi connectivity index (χ4v) is 1.22. The minimum atomic E-state index is -0.691. The van der Waals surface area contributed by atoms with Crippen LogP contribution in [0.5, 0.6) is 5.75 Å². The molecule has 0 fully saturated rings. The van der Waals surface area contributed by atoms with Gasteiger partial charge in [0.2, 0.25) is 0 Å². The number of aliphatic hydroxyl groups excluding tert-OH is 1. The van der Waals surface area contributed by atoms with Crippen LogP contribution in [0.2, 0.25) is 0 Å².